The van der Waals surface area contributed by atoms with E-state index in [0.717, 1.165) is 5.56 Å². The van der Waals surface area contributed by atoms with E-state index >= 15 is 0 Å². The Labute approximate surface area is 121 Å². The van der Waals surface area contributed by atoms with Crippen molar-refractivity contribution in [3.05, 3.63) is 53.3 Å². The molecule has 1 aromatic carbocycles. The number of amides is 1. The van der Waals surface area contributed by atoms with Gasteiger partial charge in [0.15, 0.2) is 0 Å². The Bertz CT molecular complexity index is 698. The van der Waals surface area contributed by atoms with Gasteiger partial charge in [-0.2, -0.15) is 0 Å². The molecule has 0 aliphatic carbocycles. The number of aryl methyl sites for hydroxylation is 1. The van der Waals surface area contributed by atoms with Crippen molar-refractivity contribution < 1.29 is 19.4 Å². The summed E-state index contributed by atoms with van der Waals surface area (Å²) in [6, 6.07) is 6.50. The third-order valence-corrected chi connectivity index (χ3v) is 2.90. The molecule has 1 amide bonds. The topological polar surface area (TPSA) is 88.5 Å². The molecule has 6 heteroatoms. The third-order valence-electron chi connectivity index (χ3n) is 2.90. The van der Waals surface area contributed by atoms with E-state index in [-0.39, 0.29) is 11.3 Å². The summed E-state index contributed by atoms with van der Waals surface area (Å²) in [5.41, 5.74) is 1.34. The third kappa shape index (κ3) is 3.17. The molecular formula is C15H14N2O4. The minimum atomic E-state index is -1.14. The average Bonchev–Trinajstić information content (AvgIpc) is 2.47. The standard InChI is InChI=1S/C15H14N2O4/c1-9-3-4-13(21-2)11(7-9)14(18)17-12-8-16-6-5-10(12)15(19)20/h3-8H,1-2H3,(H,17,18)(H,19,20). The molecule has 2 rings (SSSR count). The number of hydrogen-bond donors (Lipinski definition) is 2. The average molecular weight is 286 g/mol. The van der Waals surface area contributed by atoms with Gasteiger partial charge in [0, 0.05) is 6.20 Å². The number of benzene rings is 1. The fourth-order valence-electron chi connectivity index (χ4n) is 1.87. The van der Waals surface area contributed by atoms with Crippen molar-refractivity contribution >= 4 is 17.6 Å². The molecule has 1 aromatic heterocycles. The van der Waals surface area contributed by atoms with Crippen molar-refractivity contribution in [1.29, 1.82) is 0 Å². The number of nitrogens with one attached hydrogen (secondary N) is 1. The number of nitrogens with zero attached hydrogens (tertiary/aromatic N) is 1. The lowest BCUT2D eigenvalue weighted by Crippen LogP contribution is -2.16. The number of carboxylic acids is 1. The van der Waals surface area contributed by atoms with E-state index in [1.54, 1.807) is 12.1 Å². The van der Waals surface area contributed by atoms with Gasteiger partial charge in [-0.3, -0.25) is 9.78 Å². The zero-order valence-corrected chi connectivity index (χ0v) is 11.6. The van der Waals surface area contributed by atoms with Crippen molar-refractivity contribution in [3.8, 4) is 5.75 Å². The summed E-state index contributed by atoms with van der Waals surface area (Å²) in [7, 11) is 1.47. The number of carboxylic acid groups (broad SMARTS) is 1. The van der Waals surface area contributed by atoms with Gasteiger partial charge in [-0.25, -0.2) is 4.79 Å². The van der Waals surface area contributed by atoms with Crippen molar-refractivity contribution in [3.63, 3.8) is 0 Å². The molecule has 21 heavy (non-hydrogen) atoms. The smallest absolute Gasteiger partial charge is 0.337 e. The number of methoxy groups -OCH3 is 1. The summed E-state index contributed by atoms with van der Waals surface area (Å²) < 4.78 is 5.14. The SMILES string of the molecule is COc1ccc(C)cc1C(=O)Nc1cnccc1C(=O)O. The van der Waals surface area contributed by atoms with Gasteiger partial charge < -0.3 is 15.2 Å². The van der Waals surface area contributed by atoms with E-state index in [1.165, 1.54) is 25.6 Å². The maximum Gasteiger partial charge on any atom is 0.337 e. The summed E-state index contributed by atoms with van der Waals surface area (Å²) in [4.78, 5) is 27.2. The lowest BCUT2D eigenvalue weighted by Gasteiger charge is -2.11. The number of rotatable bonds is 4. The molecule has 108 valence electrons. The normalized spacial score (nSPS) is 10.0. The molecule has 2 aromatic rings. The van der Waals surface area contributed by atoms with Crippen LogP contribution in [-0.2, 0) is 0 Å². The molecule has 0 saturated heterocycles. The van der Waals surface area contributed by atoms with E-state index in [2.05, 4.69) is 10.3 Å². The maximum atomic E-state index is 12.3. The monoisotopic (exact) mass is 286 g/mol. The molecule has 0 saturated carbocycles. The molecule has 0 aliphatic heterocycles. The van der Waals surface area contributed by atoms with Crippen molar-refractivity contribution in [2.45, 2.75) is 6.92 Å². The van der Waals surface area contributed by atoms with Gasteiger partial charge >= 0.3 is 5.97 Å². The number of ether oxygens (including phenoxy) is 1. The fraction of sp³-hybridized carbons (Fsp3) is 0.133. The van der Waals surface area contributed by atoms with Crippen LogP contribution in [0.4, 0.5) is 5.69 Å². The molecule has 2 N–H and O–H groups in total. The van der Waals surface area contributed by atoms with Crippen LogP contribution < -0.4 is 10.1 Å². The number of pyridine rings is 1. The van der Waals surface area contributed by atoms with Gasteiger partial charge in [0.2, 0.25) is 0 Å². The highest BCUT2D eigenvalue weighted by atomic mass is 16.5. The van der Waals surface area contributed by atoms with E-state index in [4.69, 9.17) is 9.84 Å². The molecular weight excluding hydrogens is 272 g/mol. The van der Waals surface area contributed by atoms with E-state index < -0.39 is 11.9 Å². The molecule has 0 radical (unpaired) electrons. The molecule has 1 heterocycles. The van der Waals surface area contributed by atoms with E-state index in [1.807, 2.05) is 13.0 Å². The van der Waals surface area contributed by atoms with Crippen LogP contribution in [0.3, 0.4) is 0 Å². The van der Waals surface area contributed by atoms with Crippen LogP contribution in [0.15, 0.2) is 36.7 Å². The van der Waals surface area contributed by atoms with Gasteiger partial charge in [-0.05, 0) is 25.1 Å². The molecule has 0 fully saturated rings. The van der Waals surface area contributed by atoms with Gasteiger partial charge in [-0.1, -0.05) is 11.6 Å². The first kappa shape index (κ1) is 14.5. The largest absolute Gasteiger partial charge is 0.496 e. The van der Waals surface area contributed by atoms with Crippen LogP contribution in [0.25, 0.3) is 0 Å². The Hall–Kier alpha value is -2.89. The maximum absolute atomic E-state index is 12.3. The van der Waals surface area contributed by atoms with Crippen molar-refractivity contribution in [1.82, 2.24) is 4.98 Å². The number of aromatic carboxylic acids is 1. The van der Waals surface area contributed by atoms with Crippen LogP contribution in [0, 0.1) is 6.92 Å². The summed E-state index contributed by atoms with van der Waals surface area (Å²) in [5, 5.41) is 11.6. The molecule has 6 nitrogen and oxygen atoms in total. The molecule has 0 aliphatic rings. The summed E-state index contributed by atoms with van der Waals surface area (Å²) >= 11 is 0. The Morgan fingerprint density at radius 1 is 1.24 bits per heavy atom. The Morgan fingerprint density at radius 2 is 2.00 bits per heavy atom. The first-order valence-corrected chi connectivity index (χ1v) is 6.16. The molecule has 0 atom stereocenters. The van der Waals surface area contributed by atoms with Crippen LogP contribution in [-0.4, -0.2) is 29.1 Å². The van der Waals surface area contributed by atoms with Crippen molar-refractivity contribution in [2.24, 2.45) is 0 Å². The minimum absolute atomic E-state index is 0.0232. The second-order valence-electron chi connectivity index (χ2n) is 4.38. The summed E-state index contributed by atoms with van der Waals surface area (Å²) in [6.45, 7) is 1.85. The molecule has 0 bridgehead atoms. The fourth-order valence-corrected chi connectivity index (χ4v) is 1.87. The second kappa shape index (κ2) is 6.04. The Morgan fingerprint density at radius 3 is 2.67 bits per heavy atom. The lowest BCUT2D eigenvalue weighted by atomic mass is 10.1. The number of carbonyl (C=O) groups excluding carboxylic acids is 1. The summed E-state index contributed by atoms with van der Waals surface area (Å²) in [6.07, 6.45) is 2.65. The van der Waals surface area contributed by atoms with Crippen LogP contribution >= 0.6 is 0 Å². The molecule has 0 spiro atoms. The van der Waals surface area contributed by atoms with Crippen LogP contribution in [0.1, 0.15) is 26.3 Å². The number of anilines is 1. The van der Waals surface area contributed by atoms with Gasteiger partial charge in [-0.15, -0.1) is 0 Å². The second-order valence-corrected chi connectivity index (χ2v) is 4.38. The highest BCUT2D eigenvalue weighted by molar-refractivity contribution is 6.09. The number of carbonyl (C=O) groups is 2. The van der Waals surface area contributed by atoms with E-state index in [0.29, 0.717) is 11.3 Å². The highest BCUT2D eigenvalue weighted by Crippen LogP contribution is 2.22. The first-order valence-electron chi connectivity index (χ1n) is 6.16. The van der Waals surface area contributed by atoms with Crippen LogP contribution in [0.2, 0.25) is 0 Å². The summed E-state index contributed by atoms with van der Waals surface area (Å²) in [5.74, 6) is -1.17. The van der Waals surface area contributed by atoms with Gasteiger partial charge in [0.25, 0.3) is 5.91 Å². The predicted octanol–water partition coefficient (Wildman–Crippen LogP) is 2.35. The first-order chi connectivity index (χ1) is 10.0. The zero-order chi connectivity index (χ0) is 15.4. The Balaban J connectivity index is 2.35. The van der Waals surface area contributed by atoms with Crippen molar-refractivity contribution in [2.75, 3.05) is 12.4 Å². The highest BCUT2D eigenvalue weighted by Gasteiger charge is 2.16. The Kier molecular flexibility index (Phi) is 4.18. The van der Waals surface area contributed by atoms with Gasteiger partial charge in [0.05, 0.1) is 30.1 Å². The zero-order valence-electron chi connectivity index (χ0n) is 11.6. The number of aromatic nitrogens is 1. The quantitative estimate of drug-likeness (QED) is 0.900. The van der Waals surface area contributed by atoms with E-state index in [9.17, 15) is 9.59 Å². The predicted molar refractivity (Wildman–Crippen MR) is 76.9 cm³/mol. The minimum Gasteiger partial charge on any atom is -0.496 e. The van der Waals surface area contributed by atoms with Crippen LogP contribution in [0.5, 0.6) is 5.75 Å². The lowest BCUT2D eigenvalue weighted by molar-refractivity contribution is 0.0698. The number of hydrogen-bond acceptors (Lipinski definition) is 4. The molecule has 0 unspecified atom stereocenters. The van der Waals surface area contributed by atoms with Gasteiger partial charge in [0.1, 0.15) is 5.75 Å².